The number of rotatable bonds is 11. The van der Waals surface area contributed by atoms with Gasteiger partial charge in [-0.1, -0.05) is 20.4 Å². The van der Waals surface area contributed by atoms with E-state index in [2.05, 4.69) is 17.2 Å². The van der Waals surface area contributed by atoms with Crippen molar-refractivity contribution in [1.29, 1.82) is 0 Å². The molecule has 1 saturated heterocycles. The van der Waals surface area contributed by atoms with Crippen molar-refractivity contribution in [3.63, 3.8) is 0 Å². The highest BCUT2D eigenvalue weighted by Crippen LogP contribution is 2.20. The van der Waals surface area contributed by atoms with Gasteiger partial charge in [0.2, 0.25) is 23.6 Å². The Kier molecular flexibility index (Phi) is 9.63. The summed E-state index contributed by atoms with van der Waals surface area (Å²) in [7, 11) is 0. The van der Waals surface area contributed by atoms with Crippen LogP contribution in [-0.4, -0.2) is 70.3 Å². The first-order valence-corrected chi connectivity index (χ1v) is 10.2. The second-order valence-corrected chi connectivity index (χ2v) is 8.16. The minimum atomic E-state index is -1.19. The van der Waals surface area contributed by atoms with Crippen molar-refractivity contribution in [2.75, 3.05) is 6.54 Å². The van der Waals surface area contributed by atoms with E-state index in [9.17, 15) is 29.1 Å². The van der Waals surface area contributed by atoms with Crippen molar-refractivity contribution in [2.45, 2.75) is 70.6 Å². The Morgan fingerprint density at radius 3 is 2.29 bits per heavy atom. The molecule has 0 aromatic rings. The molecule has 1 aliphatic rings. The normalized spacial score (nSPS) is 18.7. The molecule has 0 radical (unpaired) electrons. The lowest BCUT2D eigenvalue weighted by Crippen LogP contribution is -2.57. The third-order valence-electron chi connectivity index (χ3n) is 5.13. The van der Waals surface area contributed by atoms with E-state index in [1.54, 1.807) is 13.8 Å². The number of amides is 4. The number of primary amides is 1. The molecule has 174 valence electrons. The van der Waals surface area contributed by atoms with E-state index in [1.807, 2.05) is 0 Å². The summed E-state index contributed by atoms with van der Waals surface area (Å²) in [5.74, 6) is -3.86. The van der Waals surface area contributed by atoms with Gasteiger partial charge in [-0.15, -0.1) is 0 Å². The van der Waals surface area contributed by atoms with E-state index >= 15 is 0 Å². The fourth-order valence-electron chi connectivity index (χ4n) is 3.34. The number of nitrogens with zero attached hydrogens (tertiary/aromatic N) is 1. The van der Waals surface area contributed by atoms with Crippen LogP contribution in [-0.2, 0) is 24.0 Å². The quantitative estimate of drug-likeness (QED) is 0.252. The van der Waals surface area contributed by atoms with E-state index in [4.69, 9.17) is 11.5 Å². The lowest BCUT2D eigenvalue weighted by atomic mass is 10.0. The topological polar surface area (TPSA) is 185 Å². The molecule has 11 nitrogen and oxygen atoms in total. The number of likely N-dealkylation sites (tertiary alicyclic amines) is 1. The third kappa shape index (κ3) is 7.35. The van der Waals surface area contributed by atoms with Crippen LogP contribution >= 0.6 is 0 Å². The Balaban J connectivity index is 2.87. The molecule has 0 spiro atoms. The average molecular weight is 440 g/mol. The summed E-state index contributed by atoms with van der Waals surface area (Å²) in [4.78, 5) is 61.8. The average Bonchev–Trinajstić information content (AvgIpc) is 3.16. The largest absolute Gasteiger partial charge is 0.480 e. The molecule has 31 heavy (non-hydrogen) atoms. The van der Waals surface area contributed by atoms with Crippen molar-refractivity contribution < 1.29 is 29.1 Å². The summed E-state index contributed by atoms with van der Waals surface area (Å²) in [5.41, 5.74) is 11.3. The fraction of sp³-hybridized carbons (Fsp3) is 0.650. The molecule has 1 heterocycles. The van der Waals surface area contributed by atoms with E-state index in [0.717, 1.165) is 0 Å². The van der Waals surface area contributed by atoms with Crippen LogP contribution in [0.5, 0.6) is 0 Å². The molecule has 0 bridgehead atoms. The van der Waals surface area contributed by atoms with Crippen LogP contribution in [0.25, 0.3) is 0 Å². The first kappa shape index (κ1) is 26.1. The van der Waals surface area contributed by atoms with Crippen molar-refractivity contribution in [3.05, 3.63) is 12.2 Å². The molecule has 0 aromatic carbocycles. The molecule has 1 fully saturated rings. The summed E-state index contributed by atoms with van der Waals surface area (Å²) in [5, 5.41) is 14.3. The Morgan fingerprint density at radius 1 is 1.19 bits per heavy atom. The first-order valence-electron chi connectivity index (χ1n) is 10.2. The fourth-order valence-corrected chi connectivity index (χ4v) is 3.34. The number of nitrogens with two attached hydrogens (primary N) is 2. The summed E-state index contributed by atoms with van der Waals surface area (Å²) >= 11 is 0. The maximum absolute atomic E-state index is 12.9. The highest BCUT2D eigenvalue weighted by atomic mass is 16.4. The second kappa shape index (κ2) is 11.4. The van der Waals surface area contributed by atoms with E-state index in [-0.39, 0.29) is 18.8 Å². The lowest BCUT2D eigenvalue weighted by molar-refractivity contribution is -0.144. The summed E-state index contributed by atoms with van der Waals surface area (Å²) < 4.78 is 0. The standard InChI is InChI=1S/C20H33N5O6/c1-10(2)15(18(28)24-16(11(3)4)20(30)31)23-17(27)13-6-5-9-25(13)19(29)12(21)7-8-14(22)26/h11-13,15-16H,1,5-9,21H2,2-4H3,(H2,22,26)(H,23,27)(H,24,28)(H,30,31)/t12-,13-,15-,16-/m1/s1. The van der Waals surface area contributed by atoms with Crippen LogP contribution in [0.15, 0.2) is 12.2 Å². The molecule has 4 atom stereocenters. The van der Waals surface area contributed by atoms with Crippen molar-refractivity contribution in [1.82, 2.24) is 15.5 Å². The second-order valence-electron chi connectivity index (χ2n) is 8.16. The number of carboxylic acid groups (broad SMARTS) is 1. The zero-order valence-electron chi connectivity index (χ0n) is 18.2. The van der Waals surface area contributed by atoms with Gasteiger partial charge in [0.1, 0.15) is 18.1 Å². The highest BCUT2D eigenvalue weighted by molar-refractivity contribution is 5.95. The molecule has 11 heteroatoms. The SMILES string of the molecule is C=C(C)[C@@H](NC(=O)[C@H]1CCCN1C(=O)[C@H](N)CCC(N)=O)C(=O)N[C@@H](C(=O)O)C(C)C. The minimum Gasteiger partial charge on any atom is -0.480 e. The molecule has 0 unspecified atom stereocenters. The zero-order valence-corrected chi connectivity index (χ0v) is 18.2. The van der Waals surface area contributed by atoms with E-state index in [0.29, 0.717) is 25.0 Å². The van der Waals surface area contributed by atoms with Gasteiger partial charge < -0.3 is 32.1 Å². The van der Waals surface area contributed by atoms with E-state index in [1.165, 1.54) is 11.8 Å². The predicted octanol–water partition coefficient (Wildman–Crippen LogP) is -1.14. The van der Waals surface area contributed by atoms with Gasteiger partial charge in [0.25, 0.3) is 0 Å². The number of hydrogen-bond acceptors (Lipinski definition) is 6. The molecule has 0 aromatic heterocycles. The number of aliphatic carboxylic acids is 1. The van der Waals surface area contributed by atoms with Crippen molar-refractivity contribution in [3.8, 4) is 0 Å². The number of carbonyl (C=O) groups excluding carboxylic acids is 4. The summed E-state index contributed by atoms with van der Waals surface area (Å²) in [6, 6.07) is -4.08. The first-order chi connectivity index (χ1) is 14.4. The number of hydrogen-bond donors (Lipinski definition) is 5. The monoisotopic (exact) mass is 439 g/mol. The maximum atomic E-state index is 12.9. The van der Waals surface area contributed by atoms with Crippen molar-refractivity contribution in [2.24, 2.45) is 17.4 Å². The number of nitrogens with one attached hydrogen (secondary N) is 2. The molecule has 1 aliphatic heterocycles. The van der Waals surface area contributed by atoms with Gasteiger partial charge in [-0.25, -0.2) is 4.79 Å². The molecular weight excluding hydrogens is 406 g/mol. The van der Waals surface area contributed by atoms with Gasteiger partial charge in [-0.3, -0.25) is 19.2 Å². The number of carbonyl (C=O) groups is 5. The van der Waals surface area contributed by atoms with Gasteiger partial charge in [-0.2, -0.15) is 0 Å². The lowest BCUT2D eigenvalue weighted by Gasteiger charge is -2.29. The molecule has 0 saturated carbocycles. The number of carboxylic acids is 1. The Hall–Kier alpha value is -2.95. The smallest absolute Gasteiger partial charge is 0.326 e. The third-order valence-corrected chi connectivity index (χ3v) is 5.13. The molecule has 1 rings (SSSR count). The van der Waals surface area contributed by atoms with Crippen molar-refractivity contribution >= 4 is 29.6 Å². The summed E-state index contributed by atoms with van der Waals surface area (Å²) in [6.07, 6.45) is 0.983. The maximum Gasteiger partial charge on any atom is 0.326 e. The molecule has 4 amide bonds. The van der Waals surface area contributed by atoms with E-state index < -0.39 is 53.8 Å². The van der Waals surface area contributed by atoms with Crippen LogP contribution in [0.2, 0.25) is 0 Å². The van der Waals surface area contributed by atoms with Gasteiger partial charge in [-0.05, 0) is 37.7 Å². The van der Waals surface area contributed by atoms with Gasteiger partial charge >= 0.3 is 5.97 Å². The Bertz CT molecular complexity index is 738. The molecule has 0 aliphatic carbocycles. The minimum absolute atomic E-state index is 0.0455. The summed E-state index contributed by atoms with van der Waals surface area (Å²) in [6.45, 7) is 8.86. The van der Waals surface area contributed by atoms with Crippen LogP contribution < -0.4 is 22.1 Å². The van der Waals surface area contributed by atoms with Crippen LogP contribution in [0.1, 0.15) is 46.5 Å². The Morgan fingerprint density at radius 2 is 1.81 bits per heavy atom. The van der Waals surface area contributed by atoms with Gasteiger partial charge in [0, 0.05) is 13.0 Å². The molecule has 7 N–H and O–H groups in total. The highest BCUT2D eigenvalue weighted by Gasteiger charge is 2.38. The van der Waals surface area contributed by atoms with Gasteiger partial charge in [0.05, 0.1) is 6.04 Å². The van der Waals surface area contributed by atoms with Crippen LogP contribution in [0.4, 0.5) is 0 Å². The zero-order chi connectivity index (χ0) is 23.9. The molecular formula is C20H33N5O6. The van der Waals surface area contributed by atoms with Crippen LogP contribution in [0, 0.1) is 5.92 Å². The Labute approximate surface area is 181 Å². The van der Waals surface area contributed by atoms with Crippen LogP contribution in [0.3, 0.4) is 0 Å². The predicted molar refractivity (Wildman–Crippen MR) is 112 cm³/mol. The van der Waals surface area contributed by atoms with Gasteiger partial charge in [0.15, 0.2) is 0 Å².